The van der Waals surface area contributed by atoms with E-state index < -0.39 is 0 Å². The molecule has 1 aliphatic heterocycles. The van der Waals surface area contributed by atoms with Gasteiger partial charge in [0.05, 0.1) is 5.92 Å². The average molecular weight is 303 g/mol. The van der Waals surface area contributed by atoms with Gasteiger partial charge in [-0.25, -0.2) is 0 Å². The van der Waals surface area contributed by atoms with Crippen molar-refractivity contribution in [2.45, 2.75) is 25.8 Å². The van der Waals surface area contributed by atoms with Crippen molar-refractivity contribution in [3.05, 3.63) is 30.3 Å². The molecule has 120 valence electrons. The number of para-hydroxylation sites is 1. The van der Waals surface area contributed by atoms with Crippen LogP contribution in [0, 0.1) is 5.92 Å². The number of carbonyl (C=O) groups is 2. The fourth-order valence-electron chi connectivity index (χ4n) is 2.35. The van der Waals surface area contributed by atoms with Crippen LogP contribution in [0.1, 0.15) is 20.3 Å². The monoisotopic (exact) mass is 303 g/mol. The highest BCUT2D eigenvalue weighted by Crippen LogP contribution is 2.25. The molecule has 5 heteroatoms. The molecule has 0 spiro atoms. The van der Waals surface area contributed by atoms with Crippen molar-refractivity contribution < 1.29 is 9.59 Å². The van der Waals surface area contributed by atoms with E-state index in [2.05, 4.69) is 24.1 Å². The first-order valence-corrected chi connectivity index (χ1v) is 7.62. The summed E-state index contributed by atoms with van der Waals surface area (Å²) in [4.78, 5) is 28.2. The second-order valence-electron chi connectivity index (χ2n) is 6.67. The Morgan fingerprint density at radius 3 is 2.55 bits per heavy atom. The molecule has 0 saturated carbocycles. The Morgan fingerprint density at radius 1 is 1.32 bits per heavy atom. The molecule has 2 amide bonds. The topological polar surface area (TPSA) is 52.7 Å². The molecule has 0 radical (unpaired) electrons. The number of benzene rings is 1. The van der Waals surface area contributed by atoms with Crippen molar-refractivity contribution >= 4 is 17.5 Å². The molecule has 1 atom stereocenters. The maximum absolute atomic E-state index is 12.3. The number of hydrogen-bond acceptors (Lipinski definition) is 3. The van der Waals surface area contributed by atoms with Crippen molar-refractivity contribution in [3.8, 4) is 0 Å². The maximum atomic E-state index is 12.3. The average Bonchev–Trinajstić information content (AvgIpc) is 2.87. The largest absolute Gasteiger partial charge is 0.354 e. The quantitative estimate of drug-likeness (QED) is 0.897. The highest BCUT2D eigenvalue weighted by atomic mass is 16.2. The van der Waals surface area contributed by atoms with Gasteiger partial charge in [-0.2, -0.15) is 0 Å². The smallest absolute Gasteiger partial charge is 0.227 e. The first-order valence-electron chi connectivity index (χ1n) is 7.62. The third-order valence-corrected chi connectivity index (χ3v) is 4.47. The van der Waals surface area contributed by atoms with Gasteiger partial charge in [0.2, 0.25) is 11.8 Å². The van der Waals surface area contributed by atoms with Gasteiger partial charge in [0.25, 0.3) is 0 Å². The molecule has 1 heterocycles. The fourth-order valence-corrected chi connectivity index (χ4v) is 2.35. The highest BCUT2D eigenvalue weighted by molar-refractivity contribution is 6.00. The van der Waals surface area contributed by atoms with Crippen LogP contribution in [0.4, 0.5) is 5.69 Å². The molecule has 1 aromatic carbocycles. The zero-order valence-electron chi connectivity index (χ0n) is 13.8. The van der Waals surface area contributed by atoms with Crippen molar-refractivity contribution in [2.75, 3.05) is 32.1 Å². The Bertz CT molecular complexity index is 540. The summed E-state index contributed by atoms with van der Waals surface area (Å²) in [5.41, 5.74) is 0.744. The first kappa shape index (κ1) is 16.5. The highest BCUT2D eigenvalue weighted by Gasteiger charge is 2.35. The molecular weight excluding hydrogens is 278 g/mol. The second-order valence-corrected chi connectivity index (χ2v) is 6.67. The van der Waals surface area contributed by atoms with E-state index >= 15 is 0 Å². The van der Waals surface area contributed by atoms with E-state index in [1.54, 1.807) is 4.90 Å². The minimum Gasteiger partial charge on any atom is -0.354 e. The lowest BCUT2D eigenvalue weighted by Crippen LogP contribution is -2.49. The first-order chi connectivity index (χ1) is 10.3. The molecule has 1 aromatic rings. The van der Waals surface area contributed by atoms with Crippen LogP contribution in [-0.2, 0) is 9.59 Å². The summed E-state index contributed by atoms with van der Waals surface area (Å²) in [6, 6.07) is 9.50. The van der Waals surface area contributed by atoms with E-state index in [4.69, 9.17) is 0 Å². The summed E-state index contributed by atoms with van der Waals surface area (Å²) in [6.45, 7) is 5.17. The standard InChI is InChI=1S/C17H25N3O2/c1-17(2,19(3)4)12-18-16(22)13-10-15(21)20(11-13)14-8-6-5-7-9-14/h5-9,13H,10-12H2,1-4H3,(H,18,22). The van der Waals surface area contributed by atoms with Crippen molar-refractivity contribution in [3.63, 3.8) is 0 Å². The predicted octanol–water partition coefficient (Wildman–Crippen LogP) is 1.50. The van der Waals surface area contributed by atoms with Crippen LogP contribution in [0.15, 0.2) is 30.3 Å². The molecule has 1 fully saturated rings. The van der Waals surface area contributed by atoms with Crippen LogP contribution < -0.4 is 10.2 Å². The molecule has 22 heavy (non-hydrogen) atoms. The number of nitrogens with one attached hydrogen (secondary N) is 1. The van der Waals surface area contributed by atoms with Gasteiger partial charge in [-0.15, -0.1) is 0 Å². The van der Waals surface area contributed by atoms with E-state index in [-0.39, 0.29) is 29.7 Å². The lowest BCUT2D eigenvalue weighted by molar-refractivity contribution is -0.126. The SMILES string of the molecule is CN(C)C(C)(C)CNC(=O)C1CC(=O)N(c2ccccc2)C1. The Labute approximate surface area is 132 Å². The number of hydrogen-bond donors (Lipinski definition) is 1. The van der Waals surface area contributed by atoms with Crippen LogP contribution >= 0.6 is 0 Å². The van der Waals surface area contributed by atoms with Gasteiger partial charge in [-0.1, -0.05) is 18.2 Å². The molecular formula is C17H25N3O2. The number of amides is 2. The van der Waals surface area contributed by atoms with Crippen molar-refractivity contribution in [2.24, 2.45) is 5.92 Å². The maximum Gasteiger partial charge on any atom is 0.227 e. The summed E-state index contributed by atoms with van der Waals surface area (Å²) >= 11 is 0. The van der Waals surface area contributed by atoms with Gasteiger partial charge < -0.3 is 15.1 Å². The summed E-state index contributed by atoms with van der Waals surface area (Å²) in [5, 5.41) is 2.98. The number of carbonyl (C=O) groups excluding carboxylic acids is 2. The van der Waals surface area contributed by atoms with Crippen LogP contribution in [-0.4, -0.2) is 49.4 Å². The Kier molecular flexibility index (Phi) is 4.86. The van der Waals surface area contributed by atoms with E-state index in [0.29, 0.717) is 13.1 Å². The van der Waals surface area contributed by atoms with Crippen LogP contribution in [0.3, 0.4) is 0 Å². The molecule has 0 aliphatic carbocycles. The van der Waals surface area contributed by atoms with Gasteiger partial charge in [-0.3, -0.25) is 9.59 Å². The van der Waals surface area contributed by atoms with Gasteiger partial charge in [0.15, 0.2) is 0 Å². The van der Waals surface area contributed by atoms with Crippen molar-refractivity contribution in [1.82, 2.24) is 10.2 Å². The number of rotatable bonds is 5. The number of nitrogens with zero attached hydrogens (tertiary/aromatic N) is 2. The zero-order chi connectivity index (χ0) is 16.3. The molecule has 1 saturated heterocycles. The van der Waals surface area contributed by atoms with Gasteiger partial charge in [0.1, 0.15) is 0 Å². The molecule has 2 rings (SSSR count). The minimum absolute atomic E-state index is 0.0122. The Hall–Kier alpha value is -1.88. The van der Waals surface area contributed by atoms with E-state index in [0.717, 1.165) is 5.69 Å². The second kappa shape index (κ2) is 6.48. The Morgan fingerprint density at radius 2 is 1.95 bits per heavy atom. The molecule has 0 aromatic heterocycles. The third kappa shape index (κ3) is 3.65. The Balaban J connectivity index is 1.95. The molecule has 1 unspecified atom stereocenters. The zero-order valence-corrected chi connectivity index (χ0v) is 13.8. The summed E-state index contributed by atoms with van der Waals surface area (Å²) in [6.07, 6.45) is 0.281. The normalized spacial score (nSPS) is 18.9. The van der Waals surface area contributed by atoms with Gasteiger partial charge in [0, 0.05) is 30.7 Å². The van der Waals surface area contributed by atoms with Crippen molar-refractivity contribution in [1.29, 1.82) is 0 Å². The van der Waals surface area contributed by atoms with E-state index in [1.807, 2.05) is 44.4 Å². The fraction of sp³-hybridized carbons (Fsp3) is 0.529. The predicted molar refractivity (Wildman–Crippen MR) is 87.7 cm³/mol. The van der Waals surface area contributed by atoms with E-state index in [1.165, 1.54) is 0 Å². The summed E-state index contributed by atoms with van der Waals surface area (Å²) in [5.74, 6) is -0.300. The third-order valence-electron chi connectivity index (χ3n) is 4.47. The van der Waals surface area contributed by atoms with Crippen LogP contribution in [0.2, 0.25) is 0 Å². The molecule has 1 aliphatic rings. The lowest BCUT2D eigenvalue weighted by Gasteiger charge is -2.33. The van der Waals surface area contributed by atoms with Gasteiger partial charge >= 0.3 is 0 Å². The number of anilines is 1. The van der Waals surface area contributed by atoms with Gasteiger partial charge in [-0.05, 0) is 40.1 Å². The summed E-state index contributed by atoms with van der Waals surface area (Å²) in [7, 11) is 3.98. The minimum atomic E-state index is -0.273. The van der Waals surface area contributed by atoms with Crippen LogP contribution in [0.25, 0.3) is 0 Å². The molecule has 1 N–H and O–H groups in total. The molecule has 5 nitrogen and oxygen atoms in total. The summed E-state index contributed by atoms with van der Waals surface area (Å²) < 4.78 is 0. The number of likely N-dealkylation sites (N-methyl/N-ethyl adjacent to an activating group) is 1. The lowest BCUT2D eigenvalue weighted by atomic mass is 10.0. The molecule has 0 bridgehead atoms. The van der Waals surface area contributed by atoms with E-state index in [9.17, 15) is 9.59 Å². The van der Waals surface area contributed by atoms with Crippen LogP contribution in [0.5, 0.6) is 0 Å².